The third-order valence-electron chi connectivity index (χ3n) is 3.64. The van der Waals surface area contributed by atoms with Crippen LogP contribution >= 0.6 is 0 Å². The van der Waals surface area contributed by atoms with Crippen molar-refractivity contribution in [2.75, 3.05) is 19.8 Å². The minimum atomic E-state index is -4.09. The van der Waals surface area contributed by atoms with Gasteiger partial charge >= 0.3 is 17.8 Å². The molecule has 1 fully saturated rings. The number of hydrogen-bond acceptors (Lipinski definition) is 3. The number of rotatable bonds is 8. The van der Waals surface area contributed by atoms with Gasteiger partial charge in [0.2, 0.25) is 0 Å². The van der Waals surface area contributed by atoms with E-state index in [-0.39, 0.29) is 26.4 Å². The van der Waals surface area contributed by atoms with Crippen LogP contribution in [-0.2, 0) is 14.3 Å². The zero-order chi connectivity index (χ0) is 15.9. The second kappa shape index (κ2) is 7.96. The van der Waals surface area contributed by atoms with Crippen molar-refractivity contribution in [2.24, 2.45) is 5.92 Å². The summed E-state index contributed by atoms with van der Waals surface area (Å²) in [6, 6.07) is 0. The fraction of sp³-hybridized carbons (Fsp3) is 0.929. The van der Waals surface area contributed by atoms with E-state index in [1.807, 2.05) is 0 Å². The maximum atomic E-state index is 13.0. The number of esters is 1. The van der Waals surface area contributed by atoms with Crippen LogP contribution in [0, 0.1) is 5.92 Å². The van der Waals surface area contributed by atoms with E-state index in [4.69, 9.17) is 9.47 Å². The monoisotopic (exact) mass is 314 g/mol. The average Bonchev–Trinajstić information content (AvgIpc) is 2.38. The highest BCUT2D eigenvalue weighted by Crippen LogP contribution is 2.37. The first-order valence-electron chi connectivity index (χ1n) is 7.21. The van der Waals surface area contributed by atoms with Gasteiger partial charge in [0.05, 0.1) is 6.61 Å². The van der Waals surface area contributed by atoms with E-state index in [0.717, 1.165) is 19.3 Å². The van der Waals surface area contributed by atoms with Gasteiger partial charge in [-0.05, 0) is 31.6 Å². The fourth-order valence-corrected chi connectivity index (χ4v) is 2.12. The molecular formula is C14H22F4O3. The van der Waals surface area contributed by atoms with Crippen LogP contribution in [0.15, 0.2) is 0 Å². The van der Waals surface area contributed by atoms with E-state index in [0.29, 0.717) is 19.1 Å². The molecule has 0 saturated carbocycles. The van der Waals surface area contributed by atoms with E-state index < -0.39 is 24.2 Å². The number of hydrogen-bond donors (Lipinski definition) is 0. The Morgan fingerprint density at radius 3 is 2.43 bits per heavy atom. The second-order valence-corrected chi connectivity index (χ2v) is 5.51. The molecular weight excluding hydrogens is 292 g/mol. The van der Waals surface area contributed by atoms with Gasteiger partial charge in [0.1, 0.15) is 0 Å². The van der Waals surface area contributed by atoms with Crippen LogP contribution < -0.4 is 0 Å². The molecule has 1 heterocycles. The summed E-state index contributed by atoms with van der Waals surface area (Å²) in [5, 5.41) is 0. The van der Waals surface area contributed by atoms with E-state index in [1.165, 1.54) is 0 Å². The van der Waals surface area contributed by atoms with Crippen molar-refractivity contribution in [1.82, 2.24) is 0 Å². The Bertz CT molecular complexity index is 323. The molecule has 124 valence electrons. The molecule has 0 unspecified atom stereocenters. The molecule has 0 aromatic carbocycles. The molecule has 0 spiro atoms. The molecule has 0 atom stereocenters. The molecule has 1 aliphatic heterocycles. The summed E-state index contributed by atoms with van der Waals surface area (Å²) >= 11 is 0. The van der Waals surface area contributed by atoms with E-state index >= 15 is 0 Å². The van der Waals surface area contributed by atoms with Crippen LogP contribution in [0.1, 0.15) is 45.4 Å². The van der Waals surface area contributed by atoms with Gasteiger partial charge in [-0.15, -0.1) is 0 Å². The summed E-state index contributed by atoms with van der Waals surface area (Å²) in [6.45, 7) is 1.83. The second-order valence-electron chi connectivity index (χ2n) is 5.51. The van der Waals surface area contributed by atoms with Crippen LogP contribution in [0.4, 0.5) is 17.6 Å². The number of carbonyl (C=O) groups excluding carboxylic acids is 1. The standard InChI is InChI=1S/C14H22F4O3/c1-13(15,16)14(17,18)7-2-3-12(19)21-10-6-11-4-8-20-9-5-11/h11H,2-10H2,1H3. The minimum Gasteiger partial charge on any atom is -0.466 e. The van der Waals surface area contributed by atoms with Gasteiger partial charge < -0.3 is 9.47 Å². The number of ether oxygens (including phenoxy) is 2. The number of alkyl halides is 4. The molecule has 0 aliphatic carbocycles. The molecule has 0 aromatic rings. The highest BCUT2D eigenvalue weighted by molar-refractivity contribution is 5.69. The first kappa shape index (κ1) is 18.2. The van der Waals surface area contributed by atoms with Gasteiger partial charge in [-0.25, -0.2) is 8.78 Å². The van der Waals surface area contributed by atoms with Crippen molar-refractivity contribution in [2.45, 2.75) is 57.3 Å². The molecule has 3 nitrogen and oxygen atoms in total. The lowest BCUT2D eigenvalue weighted by molar-refractivity contribution is -0.201. The minimum absolute atomic E-state index is 0.180. The van der Waals surface area contributed by atoms with Crippen LogP contribution in [0.3, 0.4) is 0 Å². The molecule has 1 rings (SSSR count). The van der Waals surface area contributed by atoms with E-state index in [2.05, 4.69) is 0 Å². The predicted octanol–water partition coefficient (Wildman–Crippen LogP) is 3.81. The quantitative estimate of drug-likeness (QED) is 0.505. The molecule has 21 heavy (non-hydrogen) atoms. The Balaban J connectivity index is 2.11. The van der Waals surface area contributed by atoms with Gasteiger partial charge in [0.15, 0.2) is 0 Å². The molecule has 7 heteroatoms. The third kappa shape index (κ3) is 6.63. The molecule has 0 amide bonds. The van der Waals surface area contributed by atoms with Crippen LogP contribution in [0.2, 0.25) is 0 Å². The topological polar surface area (TPSA) is 35.5 Å². The normalized spacial score (nSPS) is 17.8. The summed E-state index contributed by atoms with van der Waals surface area (Å²) in [4.78, 5) is 11.3. The first-order valence-corrected chi connectivity index (χ1v) is 7.21. The Kier molecular flexibility index (Phi) is 6.90. The molecule has 0 N–H and O–H groups in total. The van der Waals surface area contributed by atoms with Crippen LogP contribution in [0.25, 0.3) is 0 Å². The lowest BCUT2D eigenvalue weighted by atomic mass is 9.97. The SMILES string of the molecule is CC(F)(F)C(F)(F)CCCC(=O)OCCC1CCOCC1. The lowest BCUT2D eigenvalue weighted by Gasteiger charge is -2.23. The van der Waals surface area contributed by atoms with Crippen molar-refractivity contribution >= 4 is 5.97 Å². The van der Waals surface area contributed by atoms with Gasteiger partial charge in [-0.1, -0.05) is 0 Å². The third-order valence-corrected chi connectivity index (χ3v) is 3.64. The van der Waals surface area contributed by atoms with Crippen molar-refractivity contribution < 1.29 is 31.8 Å². The Labute approximate surface area is 122 Å². The Morgan fingerprint density at radius 2 is 1.86 bits per heavy atom. The smallest absolute Gasteiger partial charge is 0.309 e. The van der Waals surface area contributed by atoms with Gasteiger partial charge in [0, 0.05) is 33.0 Å². The van der Waals surface area contributed by atoms with Crippen molar-refractivity contribution in [1.29, 1.82) is 0 Å². The van der Waals surface area contributed by atoms with Gasteiger partial charge in [-0.3, -0.25) is 4.79 Å². The first-order chi connectivity index (χ1) is 9.72. The highest BCUT2D eigenvalue weighted by atomic mass is 19.3. The molecule has 1 saturated heterocycles. The van der Waals surface area contributed by atoms with E-state index in [9.17, 15) is 22.4 Å². The molecule has 0 aromatic heterocycles. The van der Waals surface area contributed by atoms with Crippen LogP contribution in [0.5, 0.6) is 0 Å². The summed E-state index contributed by atoms with van der Waals surface area (Å²) < 4.78 is 61.2. The summed E-state index contributed by atoms with van der Waals surface area (Å²) in [5.41, 5.74) is 0. The maximum absolute atomic E-state index is 13.0. The van der Waals surface area contributed by atoms with Gasteiger partial charge in [0.25, 0.3) is 0 Å². The molecule has 0 radical (unpaired) electrons. The summed E-state index contributed by atoms with van der Waals surface area (Å²) in [6.07, 6.45) is 0.973. The number of carbonyl (C=O) groups is 1. The van der Waals surface area contributed by atoms with E-state index in [1.54, 1.807) is 0 Å². The van der Waals surface area contributed by atoms with Crippen molar-refractivity contribution in [3.05, 3.63) is 0 Å². The molecule has 0 bridgehead atoms. The zero-order valence-electron chi connectivity index (χ0n) is 12.2. The Hall–Kier alpha value is -0.850. The van der Waals surface area contributed by atoms with Crippen molar-refractivity contribution in [3.63, 3.8) is 0 Å². The zero-order valence-corrected chi connectivity index (χ0v) is 12.2. The molecule has 1 aliphatic rings. The lowest BCUT2D eigenvalue weighted by Crippen LogP contribution is -2.37. The van der Waals surface area contributed by atoms with Gasteiger partial charge in [-0.2, -0.15) is 8.78 Å². The average molecular weight is 314 g/mol. The summed E-state index contributed by atoms with van der Waals surface area (Å²) in [5.74, 6) is -8.32. The Morgan fingerprint density at radius 1 is 1.24 bits per heavy atom. The summed E-state index contributed by atoms with van der Waals surface area (Å²) in [7, 11) is 0. The van der Waals surface area contributed by atoms with Crippen LogP contribution in [-0.4, -0.2) is 37.6 Å². The fourth-order valence-electron chi connectivity index (χ4n) is 2.12. The predicted molar refractivity (Wildman–Crippen MR) is 68.5 cm³/mol. The largest absolute Gasteiger partial charge is 0.466 e. The maximum Gasteiger partial charge on any atom is 0.309 e. The van der Waals surface area contributed by atoms with Crippen molar-refractivity contribution in [3.8, 4) is 0 Å². The highest BCUT2D eigenvalue weighted by Gasteiger charge is 2.51. The number of halogens is 4.